The van der Waals surface area contributed by atoms with Crippen molar-refractivity contribution in [2.24, 2.45) is 0 Å². The zero-order valence-corrected chi connectivity index (χ0v) is 15.6. The highest BCUT2D eigenvalue weighted by Gasteiger charge is 2.26. The molecule has 27 heavy (non-hydrogen) atoms. The molecule has 2 aromatic heterocycles. The molecule has 6 nitrogen and oxygen atoms in total. The Labute approximate surface area is 158 Å². The minimum absolute atomic E-state index is 0.266. The van der Waals surface area contributed by atoms with Gasteiger partial charge in [0, 0.05) is 31.1 Å². The highest BCUT2D eigenvalue weighted by molar-refractivity contribution is 5.62. The fraction of sp³-hybridized carbons (Fsp3) is 0.400. The highest BCUT2D eigenvalue weighted by Crippen LogP contribution is 2.30. The Morgan fingerprint density at radius 3 is 2.63 bits per heavy atom. The van der Waals surface area contributed by atoms with Gasteiger partial charge in [0.05, 0.1) is 5.69 Å². The number of rotatable bonds is 4. The second-order valence-electron chi connectivity index (χ2n) is 6.98. The zero-order valence-electron chi connectivity index (χ0n) is 15.6. The van der Waals surface area contributed by atoms with Gasteiger partial charge in [0.1, 0.15) is 18.0 Å². The minimum Gasteiger partial charge on any atom is -0.355 e. The molecule has 0 unspecified atom stereocenters. The van der Waals surface area contributed by atoms with Crippen molar-refractivity contribution in [1.82, 2.24) is 25.0 Å². The molecular formula is C20H23FN6. The van der Waals surface area contributed by atoms with Crippen molar-refractivity contribution in [2.45, 2.75) is 39.2 Å². The van der Waals surface area contributed by atoms with Crippen LogP contribution in [-0.4, -0.2) is 38.1 Å². The van der Waals surface area contributed by atoms with Crippen LogP contribution in [0.3, 0.4) is 0 Å². The molecule has 0 radical (unpaired) electrons. The topological polar surface area (TPSA) is 59.7 Å². The summed E-state index contributed by atoms with van der Waals surface area (Å²) in [5.41, 5.74) is 2.50. The lowest BCUT2D eigenvalue weighted by atomic mass is 9.95. The van der Waals surface area contributed by atoms with Gasteiger partial charge >= 0.3 is 0 Å². The van der Waals surface area contributed by atoms with E-state index in [0.717, 1.165) is 55.2 Å². The summed E-state index contributed by atoms with van der Waals surface area (Å²) in [5.74, 6) is 2.16. The van der Waals surface area contributed by atoms with E-state index in [-0.39, 0.29) is 5.82 Å². The second-order valence-corrected chi connectivity index (χ2v) is 6.98. The molecule has 0 atom stereocenters. The number of halogens is 1. The molecule has 0 amide bonds. The first-order chi connectivity index (χ1) is 13.2. The van der Waals surface area contributed by atoms with Crippen molar-refractivity contribution in [3.63, 3.8) is 0 Å². The lowest BCUT2D eigenvalue weighted by Crippen LogP contribution is -2.35. The Morgan fingerprint density at radius 2 is 1.93 bits per heavy atom. The van der Waals surface area contributed by atoms with Crippen LogP contribution in [0.4, 0.5) is 10.2 Å². The van der Waals surface area contributed by atoms with E-state index in [2.05, 4.69) is 36.8 Å². The van der Waals surface area contributed by atoms with Crippen molar-refractivity contribution in [3.05, 3.63) is 53.9 Å². The molecule has 3 aromatic rings. The smallest absolute Gasteiger partial charge is 0.154 e. The van der Waals surface area contributed by atoms with E-state index in [1.54, 1.807) is 6.07 Å². The molecule has 0 bridgehead atoms. The van der Waals surface area contributed by atoms with Crippen LogP contribution in [0.25, 0.3) is 11.3 Å². The predicted molar refractivity (Wildman–Crippen MR) is 102 cm³/mol. The van der Waals surface area contributed by atoms with Crippen LogP contribution >= 0.6 is 0 Å². The van der Waals surface area contributed by atoms with E-state index in [9.17, 15) is 4.39 Å². The molecule has 140 valence electrons. The van der Waals surface area contributed by atoms with Crippen molar-refractivity contribution in [1.29, 1.82) is 0 Å². The summed E-state index contributed by atoms with van der Waals surface area (Å²) in [6.45, 7) is 6.87. The number of benzene rings is 1. The third-order valence-electron chi connectivity index (χ3n) is 5.22. The molecule has 0 spiro atoms. The molecule has 0 aliphatic carbocycles. The van der Waals surface area contributed by atoms with Crippen LogP contribution in [0.1, 0.15) is 37.1 Å². The van der Waals surface area contributed by atoms with Gasteiger partial charge < -0.3 is 9.47 Å². The van der Waals surface area contributed by atoms with E-state index in [4.69, 9.17) is 0 Å². The molecule has 4 rings (SSSR count). The molecule has 3 heterocycles. The quantitative estimate of drug-likeness (QED) is 0.706. The molecule has 1 aliphatic heterocycles. The van der Waals surface area contributed by atoms with Crippen molar-refractivity contribution in [2.75, 3.05) is 18.0 Å². The van der Waals surface area contributed by atoms with Gasteiger partial charge in [0.15, 0.2) is 5.82 Å². The minimum atomic E-state index is -0.266. The first-order valence-corrected chi connectivity index (χ1v) is 9.38. The SMILES string of the molecule is CCn1cnnc1C1CCN(c2nnc(-c3cccc(F)c3)cc2C)CC1. The Morgan fingerprint density at radius 1 is 1.11 bits per heavy atom. The van der Waals surface area contributed by atoms with E-state index >= 15 is 0 Å². The molecule has 1 aliphatic rings. The number of hydrogen-bond donors (Lipinski definition) is 0. The number of piperidine rings is 1. The van der Waals surface area contributed by atoms with Crippen LogP contribution < -0.4 is 4.90 Å². The lowest BCUT2D eigenvalue weighted by molar-refractivity contribution is 0.464. The fourth-order valence-corrected chi connectivity index (χ4v) is 3.75. The van der Waals surface area contributed by atoms with Crippen molar-refractivity contribution in [3.8, 4) is 11.3 Å². The van der Waals surface area contributed by atoms with E-state index in [0.29, 0.717) is 11.6 Å². The third kappa shape index (κ3) is 3.54. The second kappa shape index (κ2) is 7.42. The number of anilines is 1. The first kappa shape index (κ1) is 17.6. The number of hydrogen-bond acceptors (Lipinski definition) is 5. The normalized spacial score (nSPS) is 15.3. The standard InChI is InChI=1S/C20H23FN6/c1-3-26-13-22-24-20(26)15-7-9-27(10-8-15)19-14(2)11-18(23-25-19)16-5-4-6-17(21)12-16/h4-6,11-13,15H,3,7-10H2,1-2H3. The molecule has 7 heteroatoms. The summed E-state index contributed by atoms with van der Waals surface area (Å²) >= 11 is 0. The van der Waals surface area contributed by atoms with Crippen LogP contribution in [0.15, 0.2) is 36.7 Å². The molecule has 0 saturated carbocycles. The predicted octanol–water partition coefficient (Wildman–Crippen LogP) is 3.59. The molecule has 1 aromatic carbocycles. The molecular weight excluding hydrogens is 343 g/mol. The average Bonchev–Trinajstić information content (AvgIpc) is 3.17. The van der Waals surface area contributed by atoms with Gasteiger partial charge in [-0.05, 0) is 50.5 Å². The summed E-state index contributed by atoms with van der Waals surface area (Å²) in [5, 5.41) is 17.2. The number of aromatic nitrogens is 5. The maximum Gasteiger partial charge on any atom is 0.154 e. The Kier molecular flexibility index (Phi) is 4.83. The number of nitrogens with zero attached hydrogens (tertiary/aromatic N) is 6. The van der Waals surface area contributed by atoms with Gasteiger partial charge in [-0.1, -0.05) is 12.1 Å². The van der Waals surface area contributed by atoms with E-state index in [1.165, 1.54) is 12.1 Å². The Balaban J connectivity index is 1.48. The van der Waals surface area contributed by atoms with Gasteiger partial charge in [0.2, 0.25) is 0 Å². The zero-order chi connectivity index (χ0) is 18.8. The van der Waals surface area contributed by atoms with Gasteiger partial charge in [-0.2, -0.15) is 0 Å². The summed E-state index contributed by atoms with van der Waals surface area (Å²) in [7, 11) is 0. The lowest BCUT2D eigenvalue weighted by Gasteiger charge is -2.33. The van der Waals surface area contributed by atoms with Crippen molar-refractivity contribution < 1.29 is 4.39 Å². The average molecular weight is 366 g/mol. The number of aryl methyl sites for hydroxylation is 2. The Bertz CT molecular complexity index is 930. The summed E-state index contributed by atoms with van der Waals surface area (Å²) < 4.78 is 15.6. The van der Waals surface area contributed by atoms with Crippen LogP contribution in [0.2, 0.25) is 0 Å². The van der Waals surface area contributed by atoms with Crippen LogP contribution in [0, 0.1) is 12.7 Å². The van der Waals surface area contributed by atoms with Gasteiger partial charge in [-0.3, -0.25) is 0 Å². The van der Waals surface area contributed by atoms with Gasteiger partial charge in [0.25, 0.3) is 0 Å². The highest BCUT2D eigenvalue weighted by atomic mass is 19.1. The summed E-state index contributed by atoms with van der Waals surface area (Å²) in [4.78, 5) is 2.28. The third-order valence-corrected chi connectivity index (χ3v) is 5.22. The van der Waals surface area contributed by atoms with E-state index in [1.807, 2.05) is 25.4 Å². The monoisotopic (exact) mass is 366 g/mol. The maximum atomic E-state index is 13.5. The first-order valence-electron chi connectivity index (χ1n) is 9.38. The fourth-order valence-electron chi connectivity index (χ4n) is 3.75. The summed E-state index contributed by atoms with van der Waals surface area (Å²) in [6.07, 6.45) is 3.85. The van der Waals surface area contributed by atoms with Crippen LogP contribution in [-0.2, 0) is 6.54 Å². The molecule has 1 fully saturated rings. The Hall–Kier alpha value is -2.83. The summed E-state index contributed by atoms with van der Waals surface area (Å²) in [6, 6.07) is 8.44. The maximum absolute atomic E-state index is 13.5. The largest absolute Gasteiger partial charge is 0.355 e. The molecule has 1 saturated heterocycles. The van der Waals surface area contributed by atoms with Gasteiger partial charge in [-0.25, -0.2) is 4.39 Å². The van der Waals surface area contributed by atoms with Gasteiger partial charge in [-0.15, -0.1) is 20.4 Å². The van der Waals surface area contributed by atoms with Crippen molar-refractivity contribution >= 4 is 5.82 Å². The molecule has 0 N–H and O–H groups in total. The van der Waals surface area contributed by atoms with E-state index < -0.39 is 0 Å². The van der Waals surface area contributed by atoms with Crippen LogP contribution in [0.5, 0.6) is 0 Å².